The van der Waals surface area contributed by atoms with E-state index in [0.29, 0.717) is 25.1 Å². The minimum absolute atomic E-state index is 0.300. The first kappa shape index (κ1) is 17.8. The largest absolute Gasteiger partial charge is 0.385 e. The van der Waals surface area contributed by atoms with Crippen LogP contribution in [-0.4, -0.2) is 29.9 Å². The first-order valence-corrected chi connectivity index (χ1v) is 9.37. The fourth-order valence-electron chi connectivity index (χ4n) is 2.57. The van der Waals surface area contributed by atoms with Gasteiger partial charge in [0, 0.05) is 30.8 Å². The number of anilines is 1. The lowest BCUT2D eigenvalue weighted by molar-refractivity contribution is -0.385. The highest BCUT2D eigenvalue weighted by Crippen LogP contribution is 2.23. The summed E-state index contributed by atoms with van der Waals surface area (Å²) in [6, 6.07) is 11.2. The van der Waals surface area contributed by atoms with Gasteiger partial charge in [0.25, 0.3) is 5.69 Å². The molecule has 10 heteroatoms. The van der Waals surface area contributed by atoms with Crippen molar-refractivity contribution in [3.63, 3.8) is 0 Å². The van der Waals surface area contributed by atoms with Crippen LogP contribution in [0.3, 0.4) is 0 Å². The van der Waals surface area contributed by atoms with E-state index in [1.165, 1.54) is 12.1 Å². The first-order chi connectivity index (χ1) is 12.3. The fourth-order valence-corrected chi connectivity index (χ4v) is 3.14. The molecule has 0 atom stereocenters. The number of rotatable bonds is 7. The zero-order valence-corrected chi connectivity index (χ0v) is 14.5. The van der Waals surface area contributed by atoms with Crippen LogP contribution in [0.25, 0.3) is 11.0 Å². The summed E-state index contributed by atoms with van der Waals surface area (Å²) >= 11 is 0. The Hall–Kier alpha value is -2.98. The molecule has 9 nitrogen and oxygen atoms in total. The van der Waals surface area contributed by atoms with Crippen molar-refractivity contribution < 1.29 is 13.3 Å². The van der Waals surface area contributed by atoms with Crippen molar-refractivity contribution >= 4 is 32.4 Å². The molecule has 0 saturated carbocycles. The number of nitrogens with one attached hydrogen (secondary N) is 2. The Labute approximate surface area is 149 Å². The summed E-state index contributed by atoms with van der Waals surface area (Å²) in [5, 5.41) is 19.0. The molecule has 0 radical (unpaired) electrons. The number of benzene rings is 2. The summed E-state index contributed by atoms with van der Waals surface area (Å²) in [5.74, 6) is 0.845. The average molecular weight is 375 g/mol. The number of H-pyrrole nitrogens is 1. The number of nitro groups is 1. The third-order valence-corrected chi connectivity index (χ3v) is 4.68. The first-order valence-electron chi connectivity index (χ1n) is 7.83. The molecule has 26 heavy (non-hydrogen) atoms. The molecule has 2 aromatic carbocycles. The Bertz CT molecular complexity index is 1030. The van der Waals surface area contributed by atoms with Crippen molar-refractivity contribution in [2.24, 2.45) is 5.14 Å². The molecule has 136 valence electrons. The van der Waals surface area contributed by atoms with Crippen LogP contribution in [0, 0.1) is 10.1 Å². The maximum Gasteiger partial charge on any atom is 0.272 e. The van der Waals surface area contributed by atoms with Gasteiger partial charge in [-0.3, -0.25) is 10.1 Å². The highest BCUT2D eigenvalue weighted by atomic mass is 32.2. The van der Waals surface area contributed by atoms with Gasteiger partial charge in [-0.05, 0) is 24.6 Å². The smallest absolute Gasteiger partial charge is 0.272 e. The lowest BCUT2D eigenvalue weighted by Crippen LogP contribution is -2.13. The Balaban J connectivity index is 1.65. The van der Waals surface area contributed by atoms with Gasteiger partial charge in [0.15, 0.2) is 0 Å². The number of fused-ring (bicyclic) bond motifs is 1. The molecule has 0 fully saturated rings. The molecule has 1 aromatic heterocycles. The highest BCUT2D eigenvalue weighted by molar-refractivity contribution is 7.89. The fraction of sp³-hybridized carbons (Fsp3) is 0.188. The third kappa shape index (κ3) is 4.16. The van der Waals surface area contributed by atoms with Crippen LogP contribution in [0.5, 0.6) is 0 Å². The standard InChI is InChI=1S/C16H17N5O4S/c17-26(24,25)13-9-11(8-12(10-13)21(22)23)18-7-3-6-16-19-14-4-1-2-5-15(14)20-16/h1-2,4-5,8-10,18H,3,6-7H2,(H,19,20)(H2,17,24,25). The summed E-state index contributed by atoms with van der Waals surface area (Å²) in [5.41, 5.74) is 1.85. The molecular weight excluding hydrogens is 358 g/mol. The number of hydrogen-bond donors (Lipinski definition) is 3. The van der Waals surface area contributed by atoms with E-state index < -0.39 is 14.9 Å². The van der Waals surface area contributed by atoms with E-state index in [9.17, 15) is 18.5 Å². The summed E-state index contributed by atoms with van der Waals surface area (Å²) in [4.78, 5) is 17.7. The Morgan fingerprint density at radius 3 is 2.69 bits per heavy atom. The van der Waals surface area contributed by atoms with Crippen molar-refractivity contribution in [2.75, 3.05) is 11.9 Å². The predicted octanol–water partition coefficient (Wildman–Crippen LogP) is 2.16. The van der Waals surface area contributed by atoms with E-state index >= 15 is 0 Å². The van der Waals surface area contributed by atoms with Crippen molar-refractivity contribution in [1.82, 2.24) is 9.97 Å². The van der Waals surface area contributed by atoms with Crippen LogP contribution in [0.1, 0.15) is 12.2 Å². The van der Waals surface area contributed by atoms with E-state index in [-0.39, 0.29) is 10.6 Å². The number of nitrogens with two attached hydrogens (primary N) is 1. The molecule has 0 aliphatic carbocycles. The molecular formula is C16H17N5O4S. The summed E-state index contributed by atoms with van der Waals surface area (Å²) < 4.78 is 23.0. The van der Waals surface area contributed by atoms with Crippen LogP contribution in [-0.2, 0) is 16.4 Å². The second-order valence-corrected chi connectivity index (χ2v) is 7.31. The number of hydrogen-bond acceptors (Lipinski definition) is 6. The van der Waals surface area contributed by atoms with E-state index in [0.717, 1.165) is 22.9 Å². The summed E-state index contributed by atoms with van der Waals surface area (Å²) in [7, 11) is -4.03. The van der Waals surface area contributed by atoms with Crippen LogP contribution in [0.4, 0.5) is 11.4 Å². The average Bonchev–Trinajstić information content (AvgIpc) is 3.00. The SMILES string of the molecule is NS(=O)(=O)c1cc(NCCCc2nc3ccccc3[nH]2)cc([N+](=O)[O-])c1. The normalized spacial score (nSPS) is 11.6. The molecule has 0 bridgehead atoms. The molecule has 0 spiro atoms. The molecule has 0 aliphatic rings. The van der Waals surface area contributed by atoms with Gasteiger partial charge in [-0.1, -0.05) is 12.1 Å². The van der Waals surface area contributed by atoms with Crippen molar-refractivity contribution in [3.8, 4) is 0 Å². The molecule has 4 N–H and O–H groups in total. The number of non-ortho nitro benzene ring substituents is 1. The number of primary sulfonamides is 1. The number of aryl methyl sites for hydroxylation is 1. The third-order valence-electron chi connectivity index (χ3n) is 3.79. The minimum atomic E-state index is -4.03. The highest BCUT2D eigenvalue weighted by Gasteiger charge is 2.16. The van der Waals surface area contributed by atoms with Crippen molar-refractivity contribution in [1.29, 1.82) is 0 Å². The Morgan fingerprint density at radius 1 is 1.23 bits per heavy atom. The maximum absolute atomic E-state index is 11.5. The number of para-hydroxylation sites is 2. The number of nitro benzene ring substituents is 1. The molecule has 3 aromatic rings. The van der Waals surface area contributed by atoms with E-state index in [4.69, 9.17) is 5.14 Å². The van der Waals surface area contributed by atoms with Crippen LogP contribution in [0.2, 0.25) is 0 Å². The van der Waals surface area contributed by atoms with Crippen LogP contribution < -0.4 is 10.5 Å². The predicted molar refractivity (Wildman–Crippen MR) is 97.4 cm³/mol. The van der Waals surface area contributed by atoms with Crippen LogP contribution in [0.15, 0.2) is 47.4 Å². The van der Waals surface area contributed by atoms with E-state index in [2.05, 4.69) is 15.3 Å². The number of aromatic nitrogens is 2. The monoisotopic (exact) mass is 375 g/mol. The molecule has 1 heterocycles. The van der Waals surface area contributed by atoms with Crippen molar-refractivity contribution in [3.05, 3.63) is 58.4 Å². The van der Waals surface area contributed by atoms with Gasteiger partial charge in [-0.2, -0.15) is 0 Å². The van der Waals surface area contributed by atoms with Gasteiger partial charge < -0.3 is 10.3 Å². The van der Waals surface area contributed by atoms with Gasteiger partial charge in [0.2, 0.25) is 10.0 Å². The van der Waals surface area contributed by atoms with Gasteiger partial charge in [0.1, 0.15) is 5.82 Å². The number of nitrogens with zero attached hydrogens (tertiary/aromatic N) is 2. The zero-order chi connectivity index (χ0) is 18.7. The van der Waals surface area contributed by atoms with Gasteiger partial charge >= 0.3 is 0 Å². The Kier molecular flexibility index (Phi) is 4.87. The topological polar surface area (TPSA) is 144 Å². The van der Waals surface area contributed by atoms with E-state index in [1.807, 2.05) is 24.3 Å². The lowest BCUT2D eigenvalue weighted by atomic mass is 10.2. The molecule has 0 amide bonds. The zero-order valence-electron chi connectivity index (χ0n) is 13.7. The maximum atomic E-state index is 11.5. The van der Waals surface area contributed by atoms with Gasteiger partial charge in [-0.25, -0.2) is 18.5 Å². The lowest BCUT2D eigenvalue weighted by Gasteiger charge is -2.07. The molecule has 3 rings (SSSR count). The summed E-state index contributed by atoms with van der Waals surface area (Å²) in [6.07, 6.45) is 1.38. The second-order valence-electron chi connectivity index (χ2n) is 5.75. The number of aromatic amines is 1. The molecule has 0 unspecified atom stereocenters. The minimum Gasteiger partial charge on any atom is -0.385 e. The molecule has 0 aliphatic heterocycles. The second kappa shape index (κ2) is 7.10. The number of imidazole rings is 1. The summed E-state index contributed by atoms with van der Waals surface area (Å²) in [6.45, 7) is 0.488. The van der Waals surface area contributed by atoms with Gasteiger partial charge in [0.05, 0.1) is 20.9 Å². The quantitative estimate of drug-likeness (QED) is 0.328. The van der Waals surface area contributed by atoms with Crippen molar-refractivity contribution in [2.45, 2.75) is 17.7 Å². The van der Waals surface area contributed by atoms with Gasteiger partial charge in [-0.15, -0.1) is 0 Å². The number of sulfonamides is 1. The Morgan fingerprint density at radius 2 is 2.00 bits per heavy atom. The molecule has 0 saturated heterocycles. The van der Waals surface area contributed by atoms with Crippen LogP contribution >= 0.6 is 0 Å². The van der Waals surface area contributed by atoms with E-state index in [1.54, 1.807) is 0 Å².